The highest BCUT2D eigenvalue weighted by atomic mass is 32.1. The van der Waals surface area contributed by atoms with Gasteiger partial charge in [0.25, 0.3) is 0 Å². The van der Waals surface area contributed by atoms with Gasteiger partial charge in [-0.2, -0.15) is 13.4 Å². The van der Waals surface area contributed by atoms with Crippen molar-refractivity contribution in [2.24, 2.45) is 0 Å². The topological polar surface area (TPSA) is 0 Å². The van der Waals surface area contributed by atoms with Gasteiger partial charge in [0.05, 0.1) is 1.12 Å². The predicted molar refractivity (Wildman–Crippen MR) is 101 cm³/mol. The van der Waals surface area contributed by atoms with Crippen LogP contribution in [-0.4, -0.2) is 1.12 Å². The summed E-state index contributed by atoms with van der Waals surface area (Å²) in [5.41, 5.74) is 0. The van der Waals surface area contributed by atoms with E-state index in [0.717, 1.165) is 0 Å². The van der Waals surface area contributed by atoms with Gasteiger partial charge in [-0.3, -0.25) is 0 Å². The fourth-order valence-electron chi connectivity index (χ4n) is 0. The normalized spacial score (nSPS) is 3.24. The highest BCUT2D eigenvalue weighted by molar-refractivity contribution is 7.59. The molecule has 1 heteroatoms. The second-order valence-electron chi connectivity index (χ2n) is 0. The molecule has 0 aliphatic heterocycles. The zero-order valence-electron chi connectivity index (χ0n) is 17.4. The van der Waals surface area contributed by atoms with Gasteiger partial charge in [0.1, 0.15) is 0 Å². The predicted octanol–water partition coefficient (Wildman–Crippen LogP) is 8.32. The molecule has 0 nitrogen and oxygen atoms in total. The summed E-state index contributed by atoms with van der Waals surface area (Å²) < 4.78 is 5.44. The van der Waals surface area contributed by atoms with Crippen LogP contribution in [0, 0.1) is 0 Å². The summed E-state index contributed by atoms with van der Waals surface area (Å²) in [6.45, 7) is 32.0. The van der Waals surface area contributed by atoms with Gasteiger partial charge in [-0.05, 0) is 0 Å². The van der Waals surface area contributed by atoms with Crippen molar-refractivity contribution in [3.63, 3.8) is 0 Å². The van der Waals surface area contributed by atoms with E-state index in [4.69, 9.17) is 1.12 Å². The molecule has 0 radical (unpaired) electrons. The van der Waals surface area contributed by atoms with Crippen LogP contribution in [0.15, 0.2) is 0 Å². The van der Waals surface area contributed by atoms with Crippen molar-refractivity contribution in [3.05, 3.63) is 0 Å². The van der Waals surface area contributed by atoms with E-state index in [9.17, 15) is 0 Å². The molecular formula is C16H50S. The van der Waals surface area contributed by atoms with Gasteiger partial charge in [-0.1, -0.05) is 111 Å². The molecule has 0 unspecified atom stereocenters. The van der Waals surface area contributed by atoms with Crippen LogP contribution in [0.4, 0.5) is 0 Å². The molecule has 0 heterocycles. The van der Waals surface area contributed by atoms with Gasteiger partial charge < -0.3 is 0 Å². The van der Waals surface area contributed by atoms with E-state index >= 15 is 0 Å². The summed E-state index contributed by atoms with van der Waals surface area (Å²) in [5, 5.41) is 0. The van der Waals surface area contributed by atoms with Gasteiger partial charge in [0.15, 0.2) is 0 Å². The van der Waals surface area contributed by atoms with Crippen LogP contribution in [0.25, 0.3) is 0 Å². The van der Waals surface area contributed by atoms with E-state index in [1.54, 1.807) is 0 Å². The van der Waals surface area contributed by atoms with Crippen molar-refractivity contribution in [1.82, 2.24) is 0 Å². The molecule has 0 saturated carbocycles. The van der Waals surface area contributed by atoms with E-state index in [1.807, 2.05) is 111 Å². The molecule has 0 rings (SSSR count). The summed E-state index contributed by atoms with van der Waals surface area (Å²) in [4.78, 5) is 0. The van der Waals surface area contributed by atoms with Crippen molar-refractivity contribution in [3.8, 4) is 0 Å². The number of hydrogen-bond donors (Lipinski definition) is 0. The fourth-order valence-corrected chi connectivity index (χ4v) is 0. The van der Waals surface area contributed by atoms with Crippen LogP contribution in [0.2, 0.25) is 0 Å². The van der Waals surface area contributed by atoms with Crippen molar-refractivity contribution in [2.45, 2.75) is 111 Å². The van der Waals surface area contributed by atoms with Crippen molar-refractivity contribution >= 4 is 13.4 Å². The molecule has 0 aliphatic rings. The molecule has 120 valence electrons. The Morgan fingerprint density at radius 2 is 0.294 bits per heavy atom. The van der Waals surface area contributed by atoms with Crippen molar-refractivity contribution < 1.29 is 0 Å². The molecule has 0 saturated heterocycles. The second-order valence-corrected chi connectivity index (χ2v) is 0. The van der Waals surface area contributed by atoms with Crippen LogP contribution < -0.4 is 0 Å². The average Bonchev–Trinajstić information content (AvgIpc) is 2.63. The maximum absolute atomic E-state index is 5.44. The lowest BCUT2D eigenvalue weighted by atomic mass is 11.0. The maximum atomic E-state index is 5.44. The van der Waals surface area contributed by atoms with Gasteiger partial charge in [-0.25, -0.2) is 0 Å². The van der Waals surface area contributed by atoms with Gasteiger partial charge >= 0.3 is 0 Å². The summed E-state index contributed by atoms with van der Waals surface area (Å²) in [7, 11) is 0. The molecule has 0 amide bonds. The van der Waals surface area contributed by atoms with Gasteiger partial charge in [-0.15, -0.1) is 0 Å². The third-order valence-corrected chi connectivity index (χ3v) is 0. The summed E-state index contributed by atoms with van der Waals surface area (Å²) >= 11 is 2.78. The lowest BCUT2D eigenvalue weighted by Gasteiger charge is -1.07. The highest BCUT2D eigenvalue weighted by Gasteiger charge is 0.946. The summed E-state index contributed by atoms with van der Waals surface area (Å²) in [6, 6.07) is 0. The van der Waals surface area contributed by atoms with E-state index in [-0.39, 0.29) is 0 Å². The zero-order chi connectivity index (χ0) is 18.0. The molecule has 17 heavy (non-hydrogen) atoms. The minimum absolute atomic E-state index is 2.00. The molecule has 0 fully saturated rings. The van der Waals surface area contributed by atoms with E-state index in [2.05, 4.69) is 13.4 Å². The Bertz CT molecular complexity index is 11.1. The molecule has 0 atom stereocenters. The highest BCUT2D eigenvalue weighted by Crippen LogP contribution is 1.16. The molecule has 0 spiro atoms. The molecule has 0 aromatic heterocycles. The van der Waals surface area contributed by atoms with Crippen LogP contribution in [0.5, 0.6) is 0 Å². The summed E-state index contributed by atoms with van der Waals surface area (Å²) in [5.74, 6) is 0. The van der Waals surface area contributed by atoms with Crippen LogP contribution in [-0.2, 0) is 0 Å². The number of hydrogen-bond acceptors (Lipinski definition) is 0. The molecule has 0 bridgehead atoms. The standard InChI is InChI=1S/8C2H6.H2S/c8*1-2;/h8*1-2H3;1H2/i/hD. The zero-order valence-corrected chi connectivity index (χ0v) is 17.3. The lowest BCUT2D eigenvalue weighted by Crippen LogP contribution is -0.856. The molecule has 0 aromatic carbocycles. The minimum atomic E-state index is 2.00. The van der Waals surface area contributed by atoms with Gasteiger partial charge in [0, 0.05) is 0 Å². The van der Waals surface area contributed by atoms with Crippen LogP contribution in [0.1, 0.15) is 111 Å². The SMILES string of the molecule is CC.CC.CC.CC.CC.CC.CC.CC.[2H]S. The molecule has 0 N–H and O–H groups in total. The smallest absolute Gasteiger partial charge is 0.0985 e. The Labute approximate surface area is 126 Å². The Morgan fingerprint density at radius 3 is 0.294 bits per heavy atom. The monoisotopic (exact) mass is 275 g/mol. The van der Waals surface area contributed by atoms with Crippen molar-refractivity contribution in [2.75, 3.05) is 0 Å². The largest absolute Gasteiger partial charge is 0.197 e. The van der Waals surface area contributed by atoms with Gasteiger partial charge in [0.2, 0.25) is 0 Å². The molecular weight excluding hydrogens is 224 g/mol. The first-order chi connectivity index (χ1) is 9.00. The Morgan fingerprint density at radius 1 is 0.294 bits per heavy atom. The Hall–Kier alpha value is 0.350. The fraction of sp³-hybridized carbons (Fsp3) is 1.00. The number of rotatable bonds is 0. The maximum Gasteiger partial charge on any atom is 0.0985 e. The van der Waals surface area contributed by atoms with E-state index < -0.39 is 0 Å². The van der Waals surface area contributed by atoms with E-state index in [1.165, 1.54) is 0 Å². The van der Waals surface area contributed by atoms with Crippen LogP contribution in [0.3, 0.4) is 0 Å². The van der Waals surface area contributed by atoms with Crippen LogP contribution >= 0.6 is 13.4 Å². The van der Waals surface area contributed by atoms with E-state index in [0.29, 0.717) is 0 Å². The molecule has 0 aromatic rings. The summed E-state index contributed by atoms with van der Waals surface area (Å²) in [6.07, 6.45) is 0. The quantitative estimate of drug-likeness (QED) is 0.417. The lowest BCUT2D eigenvalue weighted by molar-refractivity contribution is 1.50. The Kier molecular flexibility index (Phi) is 98100. The first kappa shape index (κ1) is 53.1. The first-order valence-corrected chi connectivity index (χ1v) is 8.00. The van der Waals surface area contributed by atoms with Crippen molar-refractivity contribution in [1.29, 1.82) is 1.12 Å². The average molecular weight is 276 g/mol. The minimum Gasteiger partial charge on any atom is -0.197 e. The Balaban J connectivity index is -0.00000000723. The third kappa shape index (κ3) is 27500. The first-order valence-electron chi connectivity index (χ1n) is 8.45. The third-order valence-electron chi connectivity index (χ3n) is 0. The second kappa shape index (κ2) is 31400. The molecule has 0 aliphatic carbocycles.